The Morgan fingerprint density at radius 1 is 1.10 bits per heavy atom. The van der Waals surface area contributed by atoms with E-state index in [4.69, 9.17) is 10.5 Å². The Morgan fingerprint density at radius 2 is 1.79 bits per heavy atom. The molecule has 4 rings (SSSR count). The molecule has 2 fully saturated rings. The minimum atomic E-state index is -0.319. The molecule has 2 saturated heterocycles. The fourth-order valence-electron chi connectivity index (χ4n) is 4.06. The van der Waals surface area contributed by atoms with E-state index in [1.807, 2.05) is 0 Å². The lowest BCUT2D eigenvalue weighted by atomic mass is 10.0. The summed E-state index contributed by atoms with van der Waals surface area (Å²) in [4.78, 5) is 15.5. The van der Waals surface area contributed by atoms with E-state index in [1.165, 1.54) is 0 Å². The number of likely N-dealkylation sites (N-methyl/N-ethyl adjacent to an activating group) is 1. The van der Waals surface area contributed by atoms with Gasteiger partial charge in [0.25, 0.3) is 0 Å². The SMILES string of the molecule is C[C@@H]1CN(c2cc(F)c(-c3ccnc(N4CCOCC4)n3)cc2N)C[C@H](C)N1C. The quantitative estimate of drug-likeness (QED) is 0.792. The molecular formula is C21H29FN6O. The maximum absolute atomic E-state index is 15.1. The molecule has 0 radical (unpaired) electrons. The van der Waals surface area contributed by atoms with Crippen molar-refractivity contribution in [2.75, 3.05) is 62.0 Å². The summed E-state index contributed by atoms with van der Waals surface area (Å²) in [5, 5.41) is 0. The molecule has 2 atom stereocenters. The number of hydrogen-bond donors (Lipinski definition) is 1. The van der Waals surface area contributed by atoms with Gasteiger partial charge in [-0.15, -0.1) is 0 Å². The molecule has 2 aliphatic rings. The number of hydrogen-bond acceptors (Lipinski definition) is 7. The fourth-order valence-corrected chi connectivity index (χ4v) is 4.06. The lowest BCUT2D eigenvalue weighted by molar-refractivity contribution is 0.122. The number of morpholine rings is 1. The summed E-state index contributed by atoms with van der Waals surface area (Å²) >= 11 is 0. The molecular weight excluding hydrogens is 371 g/mol. The van der Waals surface area contributed by atoms with Crippen LogP contribution in [0.25, 0.3) is 11.3 Å². The van der Waals surface area contributed by atoms with Gasteiger partial charge in [0, 0.05) is 50.0 Å². The molecule has 156 valence electrons. The monoisotopic (exact) mass is 400 g/mol. The molecule has 7 nitrogen and oxygen atoms in total. The van der Waals surface area contributed by atoms with Crippen molar-refractivity contribution >= 4 is 17.3 Å². The lowest BCUT2D eigenvalue weighted by Gasteiger charge is -2.43. The van der Waals surface area contributed by atoms with Gasteiger partial charge in [0.15, 0.2) is 0 Å². The van der Waals surface area contributed by atoms with Crippen molar-refractivity contribution in [3.63, 3.8) is 0 Å². The summed E-state index contributed by atoms with van der Waals surface area (Å²) in [7, 11) is 2.13. The number of anilines is 3. The highest BCUT2D eigenvalue weighted by molar-refractivity contribution is 5.76. The van der Waals surface area contributed by atoms with Gasteiger partial charge in [0.1, 0.15) is 5.82 Å². The van der Waals surface area contributed by atoms with Gasteiger partial charge in [0.2, 0.25) is 5.95 Å². The molecule has 29 heavy (non-hydrogen) atoms. The van der Waals surface area contributed by atoms with Crippen molar-refractivity contribution in [2.45, 2.75) is 25.9 Å². The van der Waals surface area contributed by atoms with Crippen molar-refractivity contribution in [1.29, 1.82) is 0 Å². The highest BCUT2D eigenvalue weighted by Crippen LogP contribution is 2.33. The van der Waals surface area contributed by atoms with Crippen LogP contribution in [0.1, 0.15) is 13.8 Å². The molecule has 0 saturated carbocycles. The molecule has 0 aliphatic carbocycles. The van der Waals surface area contributed by atoms with Crippen LogP contribution in [-0.2, 0) is 4.74 Å². The zero-order chi connectivity index (χ0) is 20.5. The highest BCUT2D eigenvalue weighted by atomic mass is 19.1. The van der Waals surface area contributed by atoms with Crippen molar-refractivity contribution < 1.29 is 9.13 Å². The van der Waals surface area contributed by atoms with E-state index >= 15 is 4.39 Å². The zero-order valence-electron chi connectivity index (χ0n) is 17.3. The normalized spacial score (nSPS) is 23.4. The summed E-state index contributed by atoms with van der Waals surface area (Å²) in [5.74, 6) is 0.273. The summed E-state index contributed by atoms with van der Waals surface area (Å²) in [5.41, 5.74) is 8.63. The Hall–Kier alpha value is -2.45. The van der Waals surface area contributed by atoms with Gasteiger partial charge < -0.3 is 20.3 Å². The molecule has 8 heteroatoms. The van der Waals surface area contributed by atoms with E-state index in [9.17, 15) is 0 Å². The van der Waals surface area contributed by atoms with Crippen molar-refractivity contribution in [3.05, 3.63) is 30.2 Å². The summed E-state index contributed by atoms with van der Waals surface area (Å²) in [6.45, 7) is 8.74. The molecule has 0 spiro atoms. The van der Waals surface area contributed by atoms with Crippen molar-refractivity contribution in [1.82, 2.24) is 14.9 Å². The number of ether oxygens (including phenoxy) is 1. The maximum Gasteiger partial charge on any atom is 0.226 e. The number of nitrogens with two attached hydrogens (primary N) is 1. The van der Waals surface area contributed by atoms with Crippen LogP contribution in [0.15, 0.2) is 24.4 Å². The van der Waals surface area contributed by atoms with E-state index in [-0.39, 0.29) is 5.82 Å². The third kappa shape index (κ3) is 4.00. The van der Waals surface area contributed by atoms with Crippen LogP contribution in [0.3, 0.4) is 0 Å². The smallest absolute Gasteiger partial charge is 0.226 e. The molecule has 2 N–H and O–H groups in total. The second-order valence-electron chi connectivity index (χ2n) is 8.00. The topological polar surface area (TPSA) is 70.8 Å². The van der Waals surface area contributed by atoms with Crippen LogP contribution in [0, 0.1) is 5.82 Å². The summed E-state index contributed by atoms with van der Waals surface area (Å²) in [6.07, 6.45) is 1.67. The molecule has 3 heterocycles. The number of halogens is 1. The molecule has 0 amide bonds. The van der Waals surface area contributed by atoms with Crippen molar-refractivity contribution in [3.8, 4) is 11.3 Å². The molecule has 1 aromatic carbocycles. The third-order valence-corrected chi connectivity index (χ3v) is 6.03. The minimum Gasteiger partial charge on any atom is -0.397 e. The first-order chi connectivity index (χ1) is 13.9. The molecule has 2 aromatic rings. The number of piperazine rings is 1. The predicted molar refractivity (Wildman–Crippen MR) is 114 cm³/mol. The first-order valence-corrected chi connectivity index (χ1v) is 10.2. The number of nitrogen functional groups attached to an aromatic ring is 1. The van der Waals surface area contributed by atoms with E-state index in [0.29, 0.717) is 48.2 Å². The van der Waals surface area contributed by atoms with Gasteiger partial charge in [-0.25, -0.2) is 14.4 Å². The number of aromatic nitrogens is 2. The second kappa shape index (κ2) is 8.12. The Morgan fingerprint density at radius 3 is 2.48 bits per heavy atom. The molecule has 2 aliphatic heterocycles. The lowest BCUT2D eigenvalue weighted by Crippen LogP contribution is -2.55. The Bertz CT molecular complexity index is 860. The number of benzene rings is 1. The Balaban J connectivity index is 1.62. The molecule has 0 bridgehead atoms. The number of rotatable bonds is 3. The fraction of sp³-hybridized carbons (Fsp3) is 0.524. The van der Waals surface area contributed by atoms with Crippen LogP contribution in [0.2, 0.25) is 0 Å². The van der Waals surface area contributed by atoms with E-state index < -0.39 is 0 Å². The van der Waals surface area contributed by atoms with Gasteiger partial charge in [0.05, 0.1) is 30.3 Å². The maximum atomic E-state index is 15.1. The summed E-state index contributed by atoms with van der Waals surface area (Å²) in [6, 6.07) is 5.72. The molecule has 0 unspecified atom stereocenters. The van der Waals surface area contributed by atoms with Crippen molar-refractivity contribution in [2.24, 2.45) is 0 Å². The van der Waals surface area contributed by atoms with E-state index in [0.717, 1.165) is 31.9 Å². The van der Waals surface area contributed by atoms with Gasteiger partial charge in [-0.2, -0.15) is 0 Å². The minimum absolute atomic E-state index is 0.319. The van der Waals surface area contributed by atoms with E-state index in [2.05, 4.69) is 45.6 Å². The van der Waals surface area contributed by atoms with Gasteiger partial charge in [-0.1, -0.05) is 0 Å². The second-order valence-corrected chi connectivity index (χ2v) is 8.00. The molecule has 1 aromatic heterocycles. The van der Waals surface area contributed by atoms with Crippen LogP contribution in [-0.4, -0.2) is 73.4 Å². The number of nitrogens with zero attached hydrogens (tertiary/aromatic N) is 5. The zero-order valence-corrected chi connectivity index (χ0v) is 17.3. The summed E-state index contributed by atoms with van der Waals surface area (Å²) < 4.78 is 20.5. The van der Waals surface area contributed by atoms with Crippen LogP contribution >= 0.6 is 0 Å². The van der Waals surface area contributed by atoms with Crippen LogP contribution in [0.5, 0.6) is 0 Å². The first-order valence-electron chi connectivity index (χ1n) is 10.2. The third-order valence-electron chi connectivity index (χ3n) is 6.03. The standard InChI is InChI=1S/C21H29FN6O/c1-14-12-28(13-15(2)26(14)3)20-11-17(22)16(10-18(20)23)19-4-5-24-21(25-19)27-6-8-29-9-7-27/h4-5,10-11,14-15H,6-9,12-13,23H2,1-3H3/t14-,15+. The van der Waals surface area contributed by atoms with Gasteiger partial charge in [-0.05, 0) is 39.1 Å². The average Bonchev–Trinajstić information content (AvgIpc) is 2.73. The predicted octanol–water partition coefficient (Wildman–Crippen LogP) is 2.23. The van der Waals surface area contributed by atoms with Gasteiger partial charge >= 0.3 is 0 Å². The van der Waals surface area contributed by atoms with Crippen LogP contribution < -0.4 is 15.5 Å². The Kier molecular flexibility index (Phi) is 5.56. The average molecular weight is 401 g/mol. The largest absolute Gasteiger partial charge is 0.397 e. The Labute approximate surface area is 171 Å². The van der Waals surface area contributed by atoms with Gasteiger partial charge in [-0.3, -0.25) is 4.90 Å². The first kappa shape index (κ1) is 19.8. The van der Waals surface area contributed by atoms with Crippen LogP contribution in [0.4, 0.5) is 21.7 Å². The van der Waals surface area contributed by atoms with E-state index in [1.54, 1.807) is 24.4 Å². The highest BCUT2D eigenvalue weighted by Gasteiger charge is 2.28.